The number of benzene rings is 1. The fourth-order valence-corrected chi connectivity index (χ4v) is 3.38. The van der Waals surface area contributed by atoms with Gasteiger partial charge in [-0.3, -0.25) is 9.78 Å². The SMILES string of the molecule is O=C(c1csc(Nc2cccnc2)n1)N1CCc2ccccc21. The Labute approximate surface area is 137 Å². The number of carbonyl (C=O) groups is 1. The van der Waals surface area contributed by atoms with Crippen LogP contribution in [0.5, 0.6) is 0 Å². The highest BCUT2D eigenvalue weighted by Gasteiger charge is 2.26. The molecule has 3 heterocycles. The molecule has 0 saturated heterocycles. The number of hydrogen-bond acceptors (Lipinski definition) is 5. The number of hydrogen-bond donors (Lipinski definition) is 1. The lowest BCUT2D eigenvalue weighted by atomic mass is 10.2. The second kappa shape index (κ2) is 5.81. The van der Waals surface area contributed by atoms with E-state index in [1.807, 2.05) is 30.3 Å². The van der Waals surface area contributed by atoms with Gasteiger partial charge in [0.2, 0.25) is 0 Å². The maximum atomic E-state index is 12.7. The molecule has 1 aromatic carbocycles. The molecule has 4 rings (SSSR count). The zero-order valence-electron chi connectivity index (χ0n) is 12.3. The molecular weight excluding hydrogens is 308 g/mol. The summed E-state index contributed by atoms with van der Waals surface area (Å²) in [5.41, 5.74) is 3.53. The standard InChI is InChI=1S/C17H14N4OS/c22-16(21-9-7-12-4-1-2-6-15(12)21)14-11-23-17(20-14)19-13-5-3-8-18-10-13/h1-6,8,10-11H,7,9H2,(H,19,20). The molecule has 1 aliphatic heterocycles. The highest BCUT2D eigenvalue weighted by atomic mass is 32.1. The van der Waals surface area contributed by atoms with E-state index >= 15 is 0 Å². The van der Waals surface area contributed by atoms with Gasteiger partial charge in [-0.1, -0.05) is 18.2 Å². The van der Waals surface area contributed by atoms with Gasteiger partial charge in [0.05, 0.1) is 11.9 Å². The lowest BCUT2D eigenvalue weighted by molar-refractivity contribution is 0.0985. The second-order valence-corrected chi connectivity index (χ2v) is 6.10. The molecule has 1 amide bonds. The van der Waals surface area contributed by atoms with Gasteiger partial charge in [0.25, 0.3) is 5.91 Å². The number of nitrogens with zero attached hydrogens (tertiary/aromatic N) is 3. The van der Waals surface area contributed by atoms with Crippen LogP contribution in [0.15, 0.2) is 54.2 Å². The van der Waals surface area contributed by atoms with Crippen LogP contribution < -0.4 is 10.2 Å². The third-order valence-corrected chi connectivity index (χ3v) is 4.53. The lowest BCUT2D eigenvalue weighted by Crippen LogP contribution is -2.29. The van der Waals surface area contributed by atoms with E-state index in [2.05, 4.69) is 21.4 Å². The van der Waals surface area contributed by atoms with E-state index in [1.165, 1.54) is 16.9 Å². The molecule has 0 spiro atoms. The summed E-state index contributed by atoms with van der Waals surface area (Å²) in [6.07, 6.45) is 4.33. The Morgan fingerprint density at radius 2 is 2.13 bits per heavy atom. The second-order valence-electron chi connectivity index (χ2n) is 5.24. The van der Waals surface area contributed by atoms with Crippen LogP contribution in [0.3, 0.4) is 0 Å². The molecular formula is C17H14N4OS. The van der Waals surface area contributed by atoms with E-state index in [4.69, 9.17) is 0 Å². The van der Waals surface area contributed by atoms with Crippen molar-refractivity contribution in [2.24, 2.45) is 0 Å². The minimum Gasteiger partial charge on any atom is -0.330 e. The first-order valence-electron chi connectivity index (χ1n) is 7.33. The molecule has 0 fully saturated rings. The van der Waals surface area contributed by atoms with Crippen molar-refractivity contribution >= 4 is 33.8 Å². The van der Waals surface area contributed by atoms with Crippen molar-refractivity contribution in [1.82, 2.24) is 9.97 Å². The number of anilines is 3. The van der Waals surface area contributed by atoms with Crippen molar-refractivity contribution < 1.29 is 4.79 Å². The Hall–Kier alpha value is -2.73. The van der Waals surface area contributed by atoms with Crippen LogP contribution in [0.1, 0.15) is 16.1 Å². The first-order chi connectivity index (χ1) is 11.3. The van der Waals surface area contributed by atoms with E-state index in [0.29, 0.717) is 17.4 Å². The first kappa shape index (κ1) is 13.9. The number of aromatic nitrogens is 2. The van der Waals surface area contributed by atoms with Gasteiger partial charge in [0, 0.05) is 23.8 Å². The summed E-state index contributed by atoms with van der Waals surface area (Å²) < 4.78 is 0. The van der Waals surface area contributed by atoms with Crippen LogP contribution in [-0.2, 0) is 6.42 Å². The topological polar surface area (TPSA) is 58.1 Å². The van der Waals surface area contributed by atoms with Crippen molar-refractivity contribution in [3.8, 4) is 0 Å². The van der Waals surface area contributed by atoms with Crippen LogP contribution in [0, 0.1) is 0 Å². The summed E-state index contributed by atoms with van der Waals surface area (Å²) in [4.78, 5) is 23.0. The van der Waals surface area contributed by atoms with E-state index in [-0.39, 0.29) is 5.91 Å². The van der Waals surface area contributed by atoms with Gasteiger partial charge in [0.15, 0.2) is 5.13 Å². The van der Waals surface area contributed by atoms with E-state index in [0.717, 1.165) is 17.8 Å². The Morgan fingerprint density at radius 3 is 3.00 bits per heavy atom. The first-order valence-corrected chi connectivity index (χ1v) is 8.21. The third kappa shape index (κ3) is 2.68. The average molecular weight is 322 g/mol. The van der Waals surface area contributed by atoms with E-state index in [1.54, 1.807) is 22.7 Å². The van der Waals surface area contributed by atoms with E-state index < -0.39 is 0 Å². The molecule has 0 saturated carbocycles. The minimum atomic E-state index is -0.0505. The van der Waals surface area contributed by atoms with Crippen LogP contribution in [0.25, 0.3) is 0 Å². The fourth-order valence-electron chi connectivity index (χ4n) is 2.68. The third-order valence-electron chi connectivity index (χ3n) is 3.77. The van der Waals surface area contributed by atoms with Gasteiger partial charge in [-0.2, -0.15) is 0 Å². The Balaban J connectivity index is 1.54. The van der Waals surface area contributed by atoms with Crippen molar-refractivity contribution in [2.75, 3.05) is 16.8 Å². The molecule has 0 aliphatic carbocycles. The van der Waals surface area contributed by atoms with Gasteiger partial charge >= 0.3 is 0 Å². The highest BCUT2D eigenvalue weighted by Crippen LogP contribution is 2.29. The predicted octanol–water partition coefficient (Wildman–Crippen LogP) is 3.48. The molecule has 0 atom stereocenters. The normalized spacial score (nSPS) is 13.0. The number of nitrogens with one attached hydrogen (secondary N) is 1. The van der Waals surface area contributed by atoms with Crippen LogP contribution in [-0.4, -0.2) is 22.4 Å². The molecule has 5 nitrogen and oxygen atoms in total. The van der Waals surface area contributed by atoms with E-state index in [9.17, 15) is 4.79 Å². The molecule has 3 aromatic rings. The fraction of sp³-hybridized carbons (Fsp3) is 0.118. The van der Waals surface area contributed by atoms with Gasteiger partial charge in [-0.25, -0.2) is 4.98 Å². The maximum Gasteiger partial charge on any atom is 0.277 e. The number of para-hydroxylation sites is 1. The Morgan fingerprint density at radius 1 is 1.22 bits per heavy atom. The van der Waals surface area contributed by atoms with Crippen LogP contribution in [0.4, 0.5) is 16.5 Å². The smallest absolute Gasteiger partial charge is 0.277 e. The zero-order chi connectivity index (χ0) is 15.6. The van der Waals surface area contributed by atoms with Crippen LogP contribution in [0.2, 0.25) is 0 Å². The quantitative estimate of drug-likeness (QED) is 0.802. The number of fused-ring (bicyclic) bond motifs is 1. The number of thiazole rings is 1. The van der Waals surface area contributed by atoms with Crippen molar-refractivity contribution in [2.45, 2.75) is 6.42 Å². The number of rotatable bonds is 3. The van der Waals surface area contributed by atoms with Gasteiger partial charge < -0.3 is 10.2 Å². The largest absolute Gasteiger partial charge is 0.330 e. The summed E-state index contributed by atoms with van der Waals surface area (Å²) >= 11 is 1.42. The summed E-state index contributed by atoms with van der Waals surface area (Å²) in [7, 11) is 0. The maximum absolute atomic E-state index is 12.7. The van der Waals surface area contributed by atoms with Crippen molar-refractivity contribution in [1.29, 1.82) is 0 Å². The summed E-state index contributed by atoms with van der Waals surface area (Å²) in [6.45, 7) is 0.709. The van der Waals surface area contributed by atoms with Crippen molar-refractivity contribution in [3.63, 3.8) is 0 Å². The summed E-state index contributed by atoms with van der Waals surface area (Å²) in [5, 5.41) is 5.65. The molecule has 114 valence electrons. The van der Waals surface area contributed by atoms with Gasteiger partial charge in [-0.05, 0) is 30.2 Å². The molecule has 2 aromatic heterocycles. The molecule has 6 heteroatoms. The summed E-state index contributed by atoms with van der Waals surface area (Å²) in [6, 6.07) is 11.8. The zero-order valence-corrected chi connectivity index (χ0v) is 13.1. The van der Waals surface area contributed by atoms with Crippen LogP contribution >= 0.6 is 11.3 Å². The monoisotopic (exact) mass is 322 g/mol. The molecule has 23 heavy (non-hydrogen) atoms. The van der Waals surface area contributed by atoms with Gasteiger partial charge in [-0.15, -0.1) is 11.3 Å². The number of pyridine rings is 1. The Kier molecular flexibility index (Phi) is 3.51. The number of amides is 1. The molecule has 0 unspecified atom stereocenters. The summed E-state index contributed by atoms with van der Waals surface area (Å²) in [5.74, 6) is -0.0505. The lowest BCUT2D eigenvalue weighted by Gasteiger charge is -2.15. The Bertz CT molecular complexity index is 847. The minimum absolute atomic E-state index is 0.0505. The molecule has 1 N–H and O–H groups in total. The molecule has 0 bridgehead atoms. The van der Waals surface area contributed by atoms with Crippen molar-refractivity contribution in [3.05, 3.63) is 65.4 Å². The molecule has 1 aliphatic rings. The molecule has 0 radical (unpaired) electrons. The highest BCUT2D eigenvalue weighted by molar-refractivity contribution is 7.14. The van der Waals surface area contributed by atoms with Gasteiger partial charge in [0.1, 0.15) is 5.69 Å². The predicted molar refractivity (Wildman–Crippen MR) is 91.5 cm³/mol. The number of carbonyl (C=O) groups excluding carboxylic acids is 1. The average Bonchev–Trinajstić information content (AvgIpc) is 3.22.